The molecule has 2 bridgehead atoms. The van der Waals surface area contributed by atoms with Gasteiger partial charge in [-0.15, -0.1) is 0 Å². The number of hydrogen-bond acceptors (Lipinski definition) is 2. The molecule has 4 aliphatic rings. The van der Waals surface area contributed by atoms with Gasteiger partial charge in [0.15, 0.2) is 5.60 Å². The third-order valence-corrected chi connectivity index (χ3v) is 5.76. The lowest BCUT2D eigenvalue weighted by Gasteiger charge is -2.44. The second-order valence-electron chi connectivity index (χ2n) is 6.57. The normalized spacial score (nSPS) is 49.1. The predicted octanol–water partition coefficient (Wildman–Crippen LogP) is 1.94. The van der Waals surface area contributed by atoms with Gasteiger partial charge < -0.3 is 9.22 Å². The highest BCUT2D eigenvalue weighted by Gasteiger charge is 2.68. The molecule has 18 heavy (non-hydrogen) atoms. The van der Waals surface area contributed by atoms with Crippen molar-refractivity contribution in [2.75, 3.05) is 13.6 Å². The number of carbonyl (C=O) groups is 1. The van der Waals surface area contributed by atoms with Gasteiger partial charge in [0.2, 0.25) is 0 Å². The summed E-state index contributed by atoms with van der Waals surface area (Å²) in [7, 11) is 2.36. The summed E-state index contributed by atoms with van der Waals surface area (Å²) in [6.45, 7) is 3.37. The molecule has 2 saturated heterocycles. The fourth-order valence-corrected chi connectivity index (χ4v) is 4.96. The van der Waals surface area contributed by atoms with Gasteiger partial charge in [0.25, 0.3) is 0 Å². The van der Waals surface area contributed by atoms with Crippen molar-refractivity contribution in [3.63, 3.8) is 0 Å². The Morgan fingerprint density at radius 3 is 3.11 bits per heavy atom. The lowest BCUT2D eigenvalue weighted by atomic mass is 9.77. The Morgan fingerprint density at radius 1 is 1.44 bits per heavy atom. The smallest absolute Gasteiger partial charge is 0.332 e. The fraction of sp³-hybridized carbons (Fsp3) is 0.667. The maximum Gasteiger partial charge on any atom is 0.332 e. The van der Waals surface area contributed by atoms with Crippen molar-refractivity contribution in [3.8, 4) is 0 Å². The molecule has 0 aromatic rings. The van der Waals surface area contributed by atoms with Gasteiger partial charge >= 0.3 is 5.97 Å². The van der Waals surface area contributed by atoms with Gasteiger partial charge in [-0.25, -0.2) is 4.79 Å². The van der Waals surface area contributed by atoms with Crippen LogP contribution in [0.5, 0.6) is 0 Å². The number of fused-ring (bicyclic) bond motifs is 3. The Morgan fingerprint density at radius 2 is 2.28 bits per heavy atom. The molecule has 1 aliphatic carbocycles. The zero-order valence-corrected chi connectivity index (χ0v) is 11.1. The summed E-state index contributed by atoms with van der Waals surface area (Å²) in [5.74, 6) is -0.127. The summed E-state index contributed by atoms with van der Waals surface area (Å²) in [6, 6.07) is 1.01. The molecule has 4 atom stereocenters. The largest absolute Gasteiger partial charge is 0.444 e. The van der Waals surface area contributed by atoms with Crippen LogP contribution < -0.4 is 0 Å². The Balaban J connectivity index is 1.92. The quantitative estimate of drug-likeness (QED) is 0.482. The highest BCUT2D eigenvalue weighted by Crippen LogP contribution is 2.56. The monoisotopic (exact) mass is 246 g/mol. The van der Waals surface area contributed by atoms with E-state index < -0.39 is 0 Å². The van der Waals surface area contributed by atoms with Gasteiger partial charge in [-0.2, -0.15) is 0 Å². The first-order valence-electron chi connectivity index (χ1n) is 7.05. The Kier molecular flexibility index (Phi) is 1.85. The summed E-state index contributed by atoms with van der Waals surface area (Å²) in [4.78, 5) is 11.8. The number of rotatable bonds is 0. The van der Waals surface area contributed by atoms with Gasteiger partial charge in [-0.1, -0.05) is 0 Å². The van der Waals surface area contributed by atoms with E-state index in [0.717, 1.165) is 10.9 Å². The first-order chi connectivity index (χ1) is 8.56. The molecule has 1 spiro atoms. The van der Waals surface area contributed by atoms with Crippen LogP contribution in [0.2, 0.25) is 0 Å². The molecule has 1 unspecified atom stereocenters. The molecule has 0 saturated carbocycles. The number of nitrogens with zero attached hydrogens (tertiary/aromatic N) is 1. The Labute approximate surface area is 108 Å². The molecule has 96 valence electrons. The Hall–Kier alpha value is -1.09. The minimum atomic E-state index is -0.282. The molecule has 3 nitrogen and oxygen atoms in total. The van der Waals surface area contributed by atoms with E-state index >= 15 is 0 Å². The van der Waals surface area contributed by atoms with Crippen LogP contribution in [-0.2, 0) is 9.53 Å². The number of ether oxygens (including phenoxy) is 1. The van der Waals surface area contributed by atoms with E-state index in [9.17, 15) is 4.79 Å². The lowest BCUT2D eigenvalue weighted by molar-refractivity contribution is -0.944. The van der Waals surface area contributed by atoms with Gasteiger partial charge in [-0.05, 0) is 31.4 Å². The molecule has 3 aliphatic heterocycles. The van der Waals surface area contributed by atoms with Gasteiger partial charge in [-0.3, -0.25) is 0 Å². The van der Waals surface area contributed by atoms with E-state index in [0.29, 0.717) is 12.1 Å². The van der Waals surface area contributed by atoms with Crippen molar-refractivity contribution in [3.05, 3.63) is 23.3 Å². The van der Waals surface area contributed by atoms with E-state index in [4.69, 9.17) is 4.74 Å². The number of likely N-dealkylation sites (N-methyl/N-ethyl adjacent to an activating group) is 1. The van der Waals surface area contributed by atoms with Crippen LogP contribution in [0.25, 0.3) is 0 Å². The van der Waals surface area contributed by atoms with E-state index in [-0.39, 0.29) is 11.6 Å². The summed E-state index contributed by atoms with van der Waals surface area (Å²) < 4.78 is 6.95. The standard InChI is InChI=1S/C15H20NO2/c1-10-7-11-9-15(12(10)8-14(17)18-15)13-5-3-4-6-16(11,13)2/h7-8,11,13H,3-6,9H2,1-2H3/q+1/t11-,13-,15+,16?/m1/s1. The minimum Gasteiger partial charge on any atom is -0.444 e. The van der Waals surface area contributed by atoms with Crippen LogP contribution in [0.1, 0.15) is 32.6 Å². The van der Waals surface area contributed by atoms with Crippen LogP contribution in [0.4, 0.5) is 0 Å². The molecule has 0 radical (unpaired) electrons. The summed E-state index contributed by atoms with van der Waals surface area (Å²) in [6.07, 6.45) is 8.90. The second kappa shape index (κ2) is 3.08. The predicted molar refractivity (Wildman–Crippen MR) is 67.8 cm³/mol. The third kappa shape index (κ3) is 1.03. The Bertz CT molecular complexity index is 507. The maximum atomic E-state index is 11.8. The third-order valence-electron chi connectivity index (χ3n) is 5.76. The molecule has 0 amide bonds. The van der Waals surface area contributed by atoms with Crippen molar-refractivity contribution >= 4 is 5.97 Å². The number of piperidine rings is 1. The van der Waals surface area contributed by atoms with E-state index in [1.54, 1.807) is 6.08 Å². The molecule has 3 heteroatoms. The van der Waals surface area contributed by atoms with Crippen LogP contribution in [0, 0.1) is 0 Å². The molecule has 0 aromatic heterocycles. The number of esters is 1. The van der Waals surface area contributed by atoms with Crippen LogP contribution in [0.15, 0.2) is 23.3 Å². The summed E-state index contributed by atoms with van der Waals surface area (Å²) >= 11 is 0. The maximum absolute atomic E-state index is 11.8. The van der Waals surface area contributed by atoms with Gasteiger partial charge in [0, 0.05) is 18.1 Å². The van der Waals surface area contributed by atoms with Crippen molar-refractivity contribution in [2.45, 2.75) is 50.3 Å². The van der Waals surface area contributed by atoms with Crippen LogP contribution in [0.3, 0.4) is 0 Å². The van der Waals surface area contributed by atoms with E-state index in [1.165, 1.54) is 37.0 Å². The average molecular weight is 246 g/mol. The van der Waals surface area contributed by atoms with Crippen LogP contribution >= 0.6 is 0 Å². The van der Waals surface area contributed by atoms with Crippen molar-refractivity contribution in [1.29, 1.82) is 0 Å². The summed E-state index contributed by atoms with van der Waals surface area (Å²) in [5.41, 5.74) is 2.17. The number of carbonyl (C=O) groups excluding carboxylic acids is 1. The highest BCUT2D eigenvalue weighted by atomic mass is 16.6. The van der Waals surface area contributed by atoms with Crippen molar-refractivity contribution in [2.24, 2.45) is 0 Å². The van der Waals surface area contributed by atoms with E-state index in [1.807, 2.05) is 0 Å². The molecule has 4 rings (SSSR count). The van der Waals surface area contributed by atoms with Gasteiger partial charge in [0.1, 0.15) is 12.1 Å². The molecule has 0 aromatic carbocycles. The summed E-state index contributed by atoms with van der Waals surface area (Å²) in [5, 5.41) is 0. The van der Waals surface area contributed by atoms with Crippen LogP contribution in [-0.4, -0.2) is 41.7 Å². The van der Waals surface area contributed by atoms with Crippen molar-refractivity contribution < 1.29 is 14.0 Å². The molecule has 3 heterocycles. The zero-order chi connectivity index (χ0) is 12.5. The first-order valence-corrected chi connectivity index (χ1v) is 7.05. The second-order valence-corrected chi connectivity index (χ2v) is 6.57. The highest BCUT2D eigenvalue weighted by molar-refractivity contribution is 5.89. The number of quaternary nitrogens is 1. The fourth-order valence-electron chi connectivity index (χ4n) is 4.96. The topological polar surface area (TPSA) is 26.3 Å². The first kappa shape index (κ1) is 10.8. The zero-order valence-electron chi connectivity index (χ0n) is 11.1. The molecular formula is C15H20NO2+. The lowest BCUT2D eigenvalue weighted by Crippen LogP contribution is -2.59. The molecule has 2 fully saturated rings. The van der Waals surface area contributed by atoms with Gasteiger partial charge in [0.05, 0.1) is 20.0 Å². The number of hydrogen-bond donors (Lipinski definition) is 0. The average Bonchev–Trinajstić information content (AvgIpc) is 2.76. The minimum absolute atomic E-state index is 0.127. The van der Waals surface area contributed by atoms with E-state index in [2.05, 4.69) is 20.0 Å². The van der Waals surface area contributed by atoms with Crippen molar-refractivity contribution in [1.82, 2.24) is 0 Å². The SMILES string of the molecule is CC1=C[C@@H]2C[C@@]3(OC(=O)C=C13)[C@H]1CCCC[N+]21C. The molecule has 0 N–H and O–H groups in total. The molecular weight excluding hydrogens is 226 g/mol.